The summed E-state index contributed by atoms with van der Waals surface area (Å²) < 4.78 is 0. The second-order valence-electron chi connectivity index (χ2n) is 28.9. The van der Waals surface area contributed by atoms with Gasteiger partial charge in [-0.2, -0.15) is 0 Å². The van der Waals surface area contributed by atoms with Crippen molar-refractivity contribution >= 4 is 36.5 Å². The quantitative estimate of drug-likeness (QED) is 0.0239. The molecule has 0 heterocycles. The van der Waals surface area contributed by atoms with Gasteiger partial charge in [-0.25, -0.2) is 0 Å². The Morgan fingerprint density at radius 3 is 0.444 bits per heavy atom. The molecule has 10 aromatic rings. The van der Waals surface area contributed by atoms with Crippen LogP contribution in [0.25, 0.3) is 36.5 Å². The first-order chi connectivity index (χ1) is 53.1. The van der Waals surface area contributed by atoms with Crippen LogP contribution >= 0.6 is 0 Å². The Morgan fingerprint density at radius 2 is 0.296 bits per heavy atom. The van der Waals surface area contributed by atoms with Crippen molar-refractivity contribution in [2.24, 2.45) is 0 Å². The SMILES string of the molecule is CCCCCc1ccc(C#Cc2cc(C#Cc3ccc(CCCCC)cc3)cc(/C=C/c3cc(/C=C/c4cc(C#Cc5ccc(CCCCC)cc5)cc(C#Cc5ccc(CCCCC)cc5)c4)cc(/C=C/c4cc(C#Cc5ccc(CCCCC)cc5)cc(C#Cc5ccc(CCCCC)cc5)c4)c3)c2)cc1. The van der Waals surface area contributed by atoms with Crippen molar-refractivity contribution in [1.82, 2.24) is 0 Å². The maximum absolute atomic E-state index is 3.54. The van der Waals surface area contributed by atoms with E-state index in [4.69, 9.17) is 0 Å². The molecule has 540 valence electrons. The van der Waals surface area contributed by atoms with Crippen LogP contribution in [0.15, 0.2) is 218 Å². The number of rotatable bonds is 30. The zero-order chi connectivity index (χ0) is 75.0. The van der Waals surface area contributed by atoms with Crippen LogP contribution < -0.4 is 0 Å². The van der Waals surface area contributed by atoms with Gasteiger partial charge in [0.25, 0.3) is 0 Å². The van der Waals surface area contributed by atoms with Crippen LogP contribution in [0.5, 0.6) is 0 Å². The Bertz CT molecular complexity index is 4210. The van der Waals surface area contributed by atoms with Gasteiger partial charge < -0.3 is 0 Å². The molecule has 0 N–H and O–H groups in total. The lowest BCUT2D eigenvalue weighted by Crippen LogP contribution is -1.87. The van der Waals surface area contributed by atoms with E-state index in [1.54, 1.807) is 0 Å². The first-order valence-corrected chi connectivity index (χ1v) is 40.5. The molecular formula is C108H108. The molecular weight excluding hydrogens is 1300 g/mol. The number of hydrogen-bond acceptors (Lipinski definition) is 0. The summed E-state index contributed by atoms with van der Waals surface area (Å²) in [6.07, 6.45) is 41.7. The lowest BCUT2D eigenvalue weighted by atomic mass is 9.99. The smallest absolute Gasteiger partial charge is 0.0267 e. The van der Waals surface area contributed by atoms with E-state index < -0.39 is 0 Å². The molecule has 108 heavy (non-hydrogen) atoms. The van der Waals surface area contributed by atoms with Crippen molar-refractivity contribution in [3.8, 4) is 71.0 Å². The fourth-order valence-corrected chi connectivity index (χ4v) is 13.1. The summed E-state index contributed by atoms with van der Waals surface area (Å²) in [5.41, 5.74) is 25.7. The van der Waals surface area contributed by atoms with Gasteiger partial charge >= 0.3 is 0 Å². The molecule has 0 unspecified atom stereocenters. The second-order valence-corrected chi connectivity index (χ2v) is 28.9. The van der Waals surface area contributed by atoms with E-state index in [0.29, 0.717) is 0 Å². The average Bonchev–Trinajstić information content (AvgIpc) is 0.848. The third-order valence-corrected chi connectivity index (χ3v) is 19.5. The summed E-state index contributed by atoms with van der Waals surface area (Å²) in [5.74, 6) is 42.2. The molecule has 0 aliphatic heterocycles. The highest BCUT2D eigenvalue weighted by atomic mass is 14.1. The van der Waals surface area contributed by atoms with Gasteiger partial charge in [-0.3, -0.25) is 0 Å². The molecule has 0 bridgehead atoms. The molecule has 0 saturated carbocycles. The number of benzene rings is 10. The van der Waals surface area contributed by atoms with Crippen molar-refractivity contribution in [2.75, 3.05) is 0 Å². The van der Waals surface area contributed by atoms with Gasteiger partial charge in [-0.05, 0) is 289 Å². The Balaban J connectivity index is 1.05. The number of aryl methyl sites for hydroxylation is 6. The fraction of sp³-hybridized carbons (Fsp3) is 0.278. The summed E-state index contributed by atoms with van der Waals surface area (Å²) in [7, 11) is 0. The van der Waals surface area contributed by atoms with E-state index in [2.05, 4.69) is 367 Å². The van der Waals surface area contributed by atoms with Crippen LogP contribution in [-0.2, 0) is 38.5 Å². The molecule has 0 saturated heterocycles. The Hall–Kier alpha value is -11.2. The van der Waals surface area contributed by atoms with E-state index in [0.717, 1.165) is 139 Å². The van der Waals surface area contributed by atoms with Crippen molar-refractivity contribution < 1.29 is 0 Å². The molecule has 0 spiro atoms. The lowest BCUT2D eigenvalue weighted by Gasteiger charge is -2.05. The van der Waals surface area contributed by atoms with E-state index in [1.807, 2.05) is 0 Å². The molecule has 0 fully saturated rings. The lowest BCUT2D eigenvalue weighted by molar-refractivity contribution is 0.717. The molecule has 0 aliphatic rings. The average molecular weight is 1410 g/mol. The molecule has 0 radical (unpaired) electrons. The highest BCUT2D eigenvalue weighted by molar-refractivity contribution is 5.80. The van der Waals surface area contributed by atoms with E-state index in [1.165, 1.54) is 149 Å². The Morgan fingerprint density at radius 1 is 0.157 bits per heavy atom. The molecule has 0 heteroatoms. The predicted molar refractivity (Wildman–Crippen MR) is 466 cm³/mol. The number of unbranched alkanes of at least 4 members (excludes halogenated alkanes) is 12. The van der Waals surface area contributed by atoms with Crippen molar-refractivity contribution in [2.45, 2.75) is 196 Å². The third-order valence-electron chi connectivity index (χ3n) is 19.5. The van der Waals surface area contributed by atoms with Gasteiger partial charge in [-0.1, -0.05) is 299 Å². The highest BCUT2D eigenvalue weighted by Crippen LogP contribution is 2.24. The van der Waals surface area contributed by atoms with Crippen LogP contribution in [0.2, 0.25) is 0 Å². The summed E-state index contributed by atoms with van der Waals surface area (Å²) in [5, 5.41) is 0. The predicted octanol–water partition coefficient (Wildman–Crippen LogP) is 27.0. The van der Waals surface area contributed by atoms with Crippen LogP contribution in [-0.4, -0.2) is 0 Å². The van der Waals surface area contributed by atoms with E-state index in [-0.39, 0.29) is 0 Å². The molecule has 0 aliphatic carbocycles. The van der Waals surface area contributed by atoms with Gasteiger partial charge in [0.05, 0.1) is 0 Å². The van der Waals surface area contributed by atoms with Crippen LogP contribution in [0.3, 0.4) is 0 Å². The third kappa shape index (κ3) is 28.2. The Kier molecular flexibility index (Phi) is 32.8. The van der Waals surface area contributed by atoms with Gasteiger partial charge in [0, 0.05) is 66.8 Å². The standard InChI is InChI=1S/C108H108/c1-7-13-19-25-85-31-43-91(44-32-85)55-61-97-73-98(62-56-92-45-33-86(34-46-92)26-20-14-8-2)77-103(76-97)67-70-106-82-107(71-68-104-78-99(63-57-93-47-35-87(36-48-93)27-21-15-9-3)74-100(79-104)64-58-94-49-37-88(38-50-94)28-22-16-10-4)84-108(83-106)72-69-105-80-101(65-59-95-51-39-89(40-52-95)29-23-17-11-5)75-102(81-105)66-60-96-53-41-90(42-54-96)30-24-18-12-6/h31-54,67-84H,7-30H2,1-6H3/b70-67+,71-68+,72-69+. The molecule has 0 aromatic heterocycles. The maximum Gasteiger partial charge on any atom is 0.0267 e. The van der Waals surface area contributed by atoms with Gasteiger partial charge in [0.2, 0.25) is 0 Å². The zero-order valence-electron chi connectivity index (χ0n) is 65.2. The summed E-state index contributed by atoms with van der Waals surface area (Å²) in [4.78, 5) is 0. The normalized spacial score (nSPS) is 10.8. The zero-order valence-corrected chi connectivity index (χ0v) is 65.2. The Labute approximate surface area is 650 Å². The minimum absolute atomic E-state index is 0.907. The topological polar surface area (TPSA) is 0 Å². The van der Waals surface area contributed by atoms with E-state index in [9.17, 15) is 0 Å². The van der Waals surface area contributed by atoms with Crippen LogP contribution in [0, 0.1) is 71.0 Å². The highest BCUT2D eigenvalue weighted by Gasteiger charge is 2.07. The molecule has 10 aromatic carbocycles. The van der Waals surface area contributed by atoms with Gasteiger partial charge in [-0.15, -0.1) is 0 Å². The van der Waals surface area contributed by atoms with Crippen LogP contribution in [0.1, 0.15) is 291 Å². The van der Waals surface area contributed by atoms with Crippen molar-refractivity contribution in [1.29, 1.82) is 0 Å². The molecule has 0 atom stereocenters. The van der Waals surface area contributed by atoms with Gasteiger partial charge in [0.1, 0.15) is 0 Å². The molecule has 10 rings (SSSR count). The minimum atomic E-state index is 0.907. The van der Waals surface area contributed by atoms with Crippen LogP contribution in [0.4, 0.5) is 0 Å². The summed E-state index contributed by atoms with van der Waals surface area (Å²) in [6, 6.07) is 78.9. The van der Waals surface area contributed by atoms with Crippen molar-refractivity contribution in [3.63, 3.8) is 0 Å². The van der Waals surface area contributed by atoms with E-state index >= 15 is 0 Å². The minimum Gasteiger partial charge on any atom is -0.0654 e. The molecule has 0 nitrogen and oxygen atoms in total. The first-order valence-electron chi connectivity index (χ1n) is 40.5. The summed E-state index contributed by atoms with van der Waals surface area (Å²) >= 11 is 0. The molecule has 0 amide bonds. The second kappa shape index (κ2) is 44.7. The van der Waals surface area contributed by atoms with Gasteiger partial charge in [0.15, 0.2) is 0 Å². The largest absolute Gasteiger partial charge is 0.0654 e. The summed E-state index contributed by atoms with van der Waals surface area (Å²) in [6.45, 7) is 13.5. The monoisotopic (exact) mass is 1400 g/mol. The number of hydrogen-bond donors (Lipinski definition) is 0. The maximum atomic E-state index is 3.54. The first kappa shape index (κ1) is 79.3. The fourth-order valence-electron chi connectivity index (χ4n) is 13.1. The van der Waals surface area contributed by atoms with Crippen molar-refractivity contribution in [3.05, 3.63) is 352 Å².